The van der Waals surface area contributed by atoms with Gasteiger partial charge in [-0.2, -0.15) is 0 Å². The second-order valence-electron chi connectivity index (χ2n) is 3.82. The molecule has 1 N–H and O–H groups in total. The number of nitrogens with zero attached hydrogens (tertiary/aromatic N) is 2. The number of carbonyl (C=O) groups excluding carboxylic acids is 1. The Bertz CT molecular complexity index is 229. The van der Waals surface area contributed by atoms with Crippen LogP contribution in [0.15, 0.2) is 0 Å². The van der Waals surface area contributed by atoms with Crippen LogP contribution in [-0.4, -0.2) is 53.1 Å². The number of rotatable bonds is 5. The Morgan fingerprint density at radius 1 is 1.33 bits per heavy atom. The molecule has 0 aliphatic carbocycles. The summed E-state index contributed by atoms with van der Waals surface area (Å²) >= 11 is 0. The normalized spacial score (nSPS) is 10.2. The molecule has 0 spiro atoms. The molecular formula is C10H20N2O3. The molecule has 0 aromatic carbocycles. The molecule has 5 heteroatoms. The summed E-state index contributed by atoms with van der Waals surface area (Å²) in [5.74, 6) is -0.994. The third-order valence-electron chi connectivity index (χ3n) is 2.03. The van der Waals surface area contributed by atoms with Gasteiger partial charge in [-0.3, -0.25) is 4.79 Å². The van der Waals surface area contributed by atoms with E-state index in [0.29, 0.717) is 6.54 Å². The van der Waals surface area contributed by atoms with Crippen LogP contribution in [0.4, 0.5) is 4.79 Å². The smallest absolute Gasteiger partial charge is 0.323 e. The molecule has 88 valence electrons. The number of hydrogen-bond donors (Lipinski definition) is 1. The number of urea groups is 1. The Hall–Kier alpha value is -1.26. The summed E-state index contributed by atoms with van der Waals surface area (Å²) < 4.78 is 0. The SMILES string of the molecule is CCCN(C(=O)N(C)CC(=O)O)C(C)C. The first-order chi connectivity index (χ1) is 6.90. The molecule has 0 bridgehead atoms. The Morgan fingerprint density at radius 3 is 2.20 bits per heavy atom. The van der Waals surface area contributed by atoms with Gasteiger partial charge in [0.2, 0.25) is 0 Å². The van der Waals surface area contributed by atoms with E-state index < -0.39 is 5.97 Å². The quantitative estimate of drug-likeness (QED) is 0.752. The average Bonchev–Trinajstić information content (AvgIpc) is 2.11. The van der Waals surface area contributed by atoms with Crippen LogP contribution in [0.2, 0.25) is 0 Å². The summed E-state index contributed by atoms with van der Waals surface area (Å²) in [6, 6.07) is -0.136. The Kier molecular flexibility index (Phi) is 5.74. The van der Waals surface area contributed by atoms with Gasteiger partial charge in [0, 0.05) is 19.6 Å². The van der Waals surface area contributed by atoms with E-state index in [0.717, 1.165) is 6.42 Å². The zero-order valence-corrected chi connectivity index (χ0v) is 9.86. The Balaban J connectivity index is 4.41. The van der Waals surface area contributed by atoms with Crippen LogP contribution in [0.1, 0.15) is 27.2 Å². The number of carboxylic acid groups (broad SMARTS) is 1. The van der Waals surface area contributed by atoms with Crippen molar-refractivity contribution in [3.8, 4) is 0 Å². The highest BCUT2D eigenvalue weighted by molar-refractivity contribution is 5.80. The third-order valence-corrected chi connectivity index (χ3v) is 2.03. The first-order valence-corrected chi connectivity index (χ1v) is 5.13. The zero-order chi connectivity index (χ0) is 12.0. The number of carboxylic acids is 1. The molecule has 0 aromatic heterocycles. The van der Waals surface area contributed by atoms with Crippen LogP contribution in [0.5, 0.6) is 0 Å². The number of hydrogen-bond acceptors (Lipinski definition) is 2. The second kappa shape index (κ2) is 6.27. The van der Waals surface area contributed by atoms with Gasteiger partial charge in [0.1, 0.15) is 6.54 Å². The fourth-order valence-corrected chi connectivity index (χ4v) is 1.31. The van der Waals surface area contributed by atoms with Gasteiger partial charge < -0.3 is 14.9 Å². The maximum Gasteiger partial charge on any atom is 0.323 e. The number of carbonyl (C=O) groups is 2. The average molecular weight is 216 g/mol. The first kappa shape index (κ1) is 13.7. The Labute approximate surface area is 90.7 Å². The maximum absolute atomic E-state index is 11.8. The van der Waals surface area contributed by atoms with Crippen molar-refractivity contribution in [2.24, 2.45) is 0 Å². The van der Waals surface area contributed by atoms with Gasteiger partial charge in [-0.1, -0.05) is 6.92 Å². The van der Waals surface area contributed by atoms with E-state index in [1.165, 1.54) is 11.9 Å². The van der Waals surface area contributed by atoms with E-state index in [1.807, 2.05) is 20.8 Å². The van der Waals surface area contributed by atoms with Gasteiger partial charge in [-0.15, -0.1) is 0 Å². The monoisotopic (exact) mass is 216 g/mol. The van der Waals surface area contributed by atoms with Crippen molar-refractivity contribution in [3.63, 3.8) is 0 Å². The standard InChI is InChI=1S/C10H20N2O3/c1-5-6-12(8(2)3)10(15)11(4)7-9(13)14/h8H,5-7H2,1-4H3,(H,13,14). The molecule has 0 atom stereocenters. The van der Waals surface area contributed by atoms with Crippen LogP contribution in [-0.2, 0) is 4.79 Å². The summed E-state index contributed by atoms with van der Waals surface area (Å²) in [6.07, 6.45) is 0.866. The molecule has 0 fully saturated rings. The molecule has 0 saturated heterocycles. The van der Waals surface area contributed by atoms with Gasteiger partial charge in [-0.25, -0.2) is 4.79 Å². The van der Waals surface area contributed by atoms with Gasteiger partial charge in [-0.05, 0) is 20.3 Å². The second-order valence-corrected chi connectivity index (χ2v) is 3.82. The van der Waals surface area contributed by atoms with E-state index in [1.54, 1.807) is 4.90 Å². The zero-order valence-electron chi connectivity index (χ0n) is 9.86. The summed E-state index contributed by atoms with van der Waals surface area (Å²) in [7, 11) is 1.50. The molecular weight excluding hydrogens is 196 g/mol. The first-order valence-electron chi connectivity index (χ1n) is 5.13. The van der Waals surface area contributed by atoms with E-state index in [9.17, 15) is 9.59 Å². The fraction of sp³-hybridized carbons (Fsp3) is 0.800. The molecule has 0 heterocycles. The predicted molar refractivity (Wildman–Crippen MR) is 57.8 cm³/mol. The van der Waals surface area contributed by atoms with Crippen molar-refractivity contribution >= 4 is 12.0 Å². The molecule has 2 amide bonds. The minimum atomic E-state index is -0.994. The molecule has 15 heavy (non-hydrogen) atoms. The topological polar surface area (TPSA) is 60.9 Å². The maximum atomic E-state index is 11.8. The van der Waals surface area contributed by atoms with E-state index in [-0.39, 0.29) is 18.6 Å². The van der Waals surface area contributed by atoms with E-state index >= 15 is 0 Å². The van der Waals surface area contributed by atoms with Gasteiger partial charge >= 0.3 is 12.0 Å². The summed E-state index contributed by atoms with van der Waals surface area (Å²) in [4.78, 5) is 25.1. The summed E-state index contributed by atoms with van der Waals surface area (Å²) in [5.41, 5.74) is 0. The van der Waals surface area contributed by atoms with Crippen molar-refractivity contribution < 1.29 is 14.7 Å². The van der Waals surface area contributed by atoms with Crippen LogP contribution in [0.25, 0.3) is 0 Å². The van der Waals surface area contributed by atoms with Crippen LogP contribution < -0.4 is 0 Å². The van der Waals surface area contributed by atoms with E-state index in [4.69, 9.17) is 5.11 Å². The largest absolute Gasteiger partial charge is 0.480 e. The minimum absolute atomic E-state index is 0.0914. The molecule has 0 saturated carbocycles. The Morgan fingerprint density at radius 2 is 1.87 bits per heavy atom. The van der Waals surface area contributed by atoms with Crippen molar-refractivity contribution in [1.29, 1.82) is 0 Å². The highest BCUT2D eigenvalue weighted by Crippen LogP contribution is 2.04. The summed E-state index contributed by atoms with van der Waals surface area (Å²) in [6.45, 7) is 6.22. The lowest BCUT2D eigenvalue weighted by molar-refractivity contribution is -0.137. The number of aliphatic carboxylic acids is 1. The lowest BCUT2D eigenvalue weighted by Crippen LogP contribution is -2.46. The van der Waals surface area contributed by atoms with Crippen molar-refractivity contribution in [1.82, 2.24) is 9.80 Å². The molecule has 0 aromatic rings. The lowest BCUT2D eigenvalue weighted by Gasteiger charge is -2.30. The van der Waals surface area contributed by atoms with Crippen molar-refractivity contribution in [2.75, 3.05) is 20.1 Å². The number of likely N-dealkylation sites (N-methyl/N-ethyl adjacent to an activating group) is 1. The van der Waals surface area contributed by atoms with Crippen LogP contribution in [0, 0.1) is 0 Å². The molecule has 5 nitrogen and oxygen atoms in total. The van der Waals surface area contributed by atoms with Gasteiger partial charge in [0.25, 0.3) is 0 Å². The van der Waals surface area contributed by atoms with Gasteiger partial charge in [0.05, 0.1) is 0 Å². The van der Waals surface area contributed by atoms with Crippen molar-refractivity contribution in [2.45, 2.75) is 33.2 Å². The third kappa shape index (κ3) is 4.67. The minimum Gasteiger partial charge on any atom is -0.480 e. The predicted octanol–water partition coefficient (Wildman–Crippen LogP) is 1.24. The van der Waals surface area contributed by atoms with Crippen LogP contribution >= 0.6 is 0 Å². The fourth-order valence-electron chi connectivity index (χ4n) is 1.31. The van der Waals surface area contributed by atoms with E-state index in [2.05, 4.69) is 0 Å². The highest BCUT2D eigenvalue weighted by atomic mass is 16.4. The van der Waals surface area contributed by atoms with Crippen LogP contribution in [0.3, 0.4) is 0 Å². The molecule has 0 rings (SSSR count). The molecule has 0 unspecified atom stereocenters. The van der Waals surface area contributed by atoms with Crippen molar-refractivity contribution in [3.05, 3.63) is 0 Å². The number of amides is 2. The summed E-state index contributed by atoms with van der Waals surface area (Å²) in [5, 5.41) is 8.57. The molecule has 0 aliphatic rings. The highest BCUT2D eigenvalue weighted by Gasteiger charge is 2.20. The lowest BCUT2D eigenvalue weighted by atomic mass is 10.3. The molecule has 0 radical (unpaired) electrons. The molecule has 0 aliphatic heterocycles. The van der Waals surface area contributed by atoms with Gasteiger partial charge in [0.15, 0.2) is 0 Å².